The summed E-state index contributed by atoms with van der Waals surface area (Å²) in [5.41, 5.74) is 5.52. The van der Waals surface area contributed by atoms with Gasteiger partial charge in [-0.2, -0.15) is 0 Å². The Labute approximate surface area is 117 Å². The van der Waals surface area contributed by atoms with E-state index in [0.29, 0.717) is 30.4 Å². The molecule has 3 amide bonds. The van der Waals surface area contributed by atoms with Gasteiger partial charge in [0.25, 0.3) is 0 Å². The molecule has 0 bridgehead atoms. The number of nitrogens with two attached hydrogens (primary N) is 1. The van der Waals surface area contributed by atoms with E-state index in [0.717, 1.165) is 0 Å². The number of rotatable bonds is 7. The van der Waals surface area contributed by atoms with Crippen molar-refractivity contribution in [3.63, 3.8) is 0 Å². The number of carbonyl (C=O) groups excluding carboxylic acids is 2. The molecule has 7 heteroatoms. The van der Waals surface area contributed by atoms with E-state index in [1.807, 2.05) is 19.2 Å². The standard InChI is InChI=1S/C13H19N3O4/c1-3-19-10-6-5-9(7-11(10)20-4-2)15-8-12(17)16-13(14)18/h5-7,15H,3-4,8H2,1-2H3,(H3,14,16,17,18). The van der Waals surface area contributed by atoms with Crippen molar-refractivity contribution in [2.24, 2.45) is 5.73 Å². The van der Waals surface area contributed by atoms with Crippen LogP contribution < -0.4 is 25.8 Å². The molecule has 0 radical (unpaired) electrons. The minimum absolute atomic E-state index is 0.0670. The first-order chi connectivity index (χ1) is 9.56. The van der Waals surface area contributed by atoms with E-state index in [-0.39, 0.29) is 6.54 Å². The summed E-state index contributed by atoms with van der Waals surface area (Å²) in [6, 6.07) is 4.36. The lowest BCUT2D eigenvalue weighted by Gasteiger charge is -2.13. The molecule has 0 saturated heterocycles. The molecule has 7 nitrogen and oxygen atoms in total. The molecule has 0 saturated carbocycles. The number of hydrogen-bond acceptors (Lipinski definition) is 5. The van der Waals surface area contributed by atoms with Crippen LogP contribution in [0.3, 0.4) is 0 Å². The van der Waals surface area contributed by atoms with Crippen LogP contribution in [0.1, 0.15) is 13.8 Å². The number of ether oxygens (including phenoxy) is 2. The van der Waals surface area contributed by atoms with Crippen LogP contribution in [0.25, 0.3) is 0 Å². The summed E-state index contributed by atoms with van der Waals surface area (Å²) < 4.78 is 10.9. The zero-order chi connectivity index (χ0) is 15.0. The number of primary amides is 1. The highest BCUT2D eigenvalue weighted by Crippen LogP contribution is 2.30. The zero-order valence-corrected chi connectivity index (χ0v) is 11.6. The van der Waals surface area contributed by atoms with E-state index in [9.17, 15) is 9.59 Å². The molecule has 1 rings (SSSR count). The Bertz CT molecular complexity index is 477. The second-order valence-corrected chi connectivity index (χ2v) is 3.79. The highest BCUT2D eigenvalue weighted by Gasteiger charge is 2.08. The summed E-state index contributed by atoms with van der Waals surface area (Å²) in [4.78, 5) is 21.8. The Kier molecular flexibility index (Phi) is 6.15. The molecule has 20 heavy (non-hydrogen) atoms. The quantitative estimate of drug-likeness (QED) is 0.694. The molecular formula is C13H19N3O4. The predicted octanol–water partition coefficient (Wildman–Crippen LogP) is 1.09. The average molecular weight is 281 g/mol. The maximum atomic E-state index is 11.3. The van der Waals surface area contributed by atoms with Gasteiger partial charge in [-0.15, -0.1) is 0 Å². The molecule has 0 aromatic heterocycles. The van der Waals surface area contributed by atoms with Gasteiger partial charge >= 0.3 is 6.03 Å². The zero-order valence-electron chi connectivity index (χ0n) is 11.6. The van der Waals surface area contributed by atoms with E-state index >= 15 is 0 Å². The fourth-order valence-corrected chi connectivity index (χ4v) is 1.53. The molecule has 1 aromatic carbocycles. The minimum Gasteiger partial charge on any atom is -0.490 e. The van der Waals surface area contributed by atoms with E-state index < -0.39 is 11.9 Å². The molecule has 0 aliphatic rings. The maximum absolute atomic E-state index is 11.3. The van der Waals surface area contributed by atoms with Crippen LogP contribution in [-0.4, -0.2) is 31.7 Å². The molecule has 0 atom stereocenters. The monoisotopic (exact) mass is 281 g/mol. The van der Waals surface area contributed by atoms with Gasteiger partial charge in [-0.05, 0) is 26.0 Å². The summed E-state index contributed by atoms with van der Waals surface area (Å²) in [7, 11) is 0. The van der Waals surface area contributed by atoms with Crippen molar-refractivity contribution in [3.05, 3.63) is 18.2 Å². The lowest BCUT2D eigenvalue weighted by molar-refractivity contribution is -0.118. The third kappa shape index (κ3) is 5.05. The molecule has 4 N–H and O–H groups in total. The number of amides is 3. The molecular weight excluding hydrogens is 262 g/mol. The first-order valence-corrected chi connectivity index (χ1v) is 6.29. The van der Waals surface area contributed by atoms with Crippen molar-refractivity contribution in [2.45, 2.75) is 13.8 Å². The van der Waals surface area contributed by atoms with Crippen molar-refractivity contribution in [1.82, 2.24) is 5.32 Å². The van der Waals surface area contributed by atoms with Gasteiger partial charge in [0.15, 0.2) is 11.5 Å². The van der Waals surface area contributed by atoms with Crippen molar-refractivity contribution in [3.8, 4) is 11.5 Å². The molecule has 0 heterocycles. The van der Waals surface area contributed by atoms with Gasteiger partial charge in [0.05, 0.1) is 19.8 Å². The normalized spacial score (nSPS) is 9.70. The third-order valence-corrected chi connectivity index (χ3v) is 2.26. The van der Waals surface area contributed by atoms with Crippen molar-refractivity contribution < 1.29 is 19.1 Å². The third-order valence-electron chi connectivity index (χ3n) is 2.26. The number of benzene rings is 1. The first kappa shape index (κ1) is 15.6. The maximum Gasteiger partial charge on any atom is 0.318 e. The van der Waals surface area contributed by atoms with E-state index in [2.05, 4.69) is 5.32 Å². The smallest absolute Gasteiger partial charge is 0.318 e. The molecule has 110 valence electrons. The second kappa shape index (κ2) is 7.88. The summed E-state index contributed by atoms with van der Waals surface area (Å²) >= 11 is 0. The predicted molar refractivity (Wildman–Crippen MR) is 75.0 cm³/mol. The SMILES string of the molecule is CCOc1ccc(NCC(=O)NC(N)=O)cc1OCC. The van der Waals surface area contributed by atoms with Crippen LogP contribution in [0.5, 0.6) is 11.5 Å². The Hall–Kier alpha value is -2.44. The molecule has 0 spiro atoms. The number of hydrogen-bond donors (Lipinski definition) is 3. The van der Waals surface area contributed by atoms with E-state index in [1.165, 1.54) is 0 Å². The number of nitrogens with one attached hydrogen (secondary N) is 2. The van der Waals surface area contributed by atoms with Gasteiger partial charge in [-0.1, -0.05) is 0 Å². The van der Waals surface area contributed by atoms with Gasteiger partial charge in [0.2, 0.25) is 5.91 Å². The van der Waals surface area contributed by atoms with Crippen molar-refractivity contribution in [2.75, 3.05) is 25.1 Å². The summed E-state index contributed by atoms with van der Waals surface area (Å²) in [5, 5.41) is 4.83. The molecule has 0 aliphatic heterocycles. The number of carbonyl (C=O) groups is 2. The number of urea groups is 1. The molecule has 0 aliphatic carbocycles. The first-order valence-electron chi connectivity index (χ1n) is 6.29. The molecule has 1 aromatic rings. The fourth-order valence-electron chi connectivity index (χ4n) is 1.53. The average Bonchev–Trinajstić information content (AvgIpc) is 2.39. The van der Waals surface area contributed by atoms with Gasteiger partial charge in [-0.3, -0.25) is 10.1 Å². The Morgan fingerprint density at radius 1 is 1.15 bits per heavy atom. The van der Waals surface area contributed by atoms with Crippen LogP contribution in [0.15, 0.2) is 18.2 Å². The minimum atomic E-state index is -0.876. The number of anilines is 1. The number of imide groups is 1. The summed E-state index contributed by atoms with van der Waals surface area (Å²) in [5.74, 6) is 0.723. The van der Waals surface area contributed by atoms with Crippen LogP contribution in [-0.2, 0) is 4.79 Å². The molecule has 0 fully saturated rings. The second-order valence-electron chi connectivity index (χ2n) is 3.79. The topological polar surface area (TPSA) is 103 Å². The van der Waals surface area contributed by atoms with E-state index in [4.69, 9.17) is 15.2 Å². The Balaban J connectivity index is 2.68. The highest BCUT2D eigenvalue weighted by molar-refractivity contribution is 5.95. The van der Waals surface area contributed by atoms with Crippen LogP contribution in [0.2, 0.25) is 0 Å². The van der Waals surface area contributed by atoms with Gasteiger partial charge in [0, 0.05) is 11.8 Å². The molecule has 0 unspecified atom stereocenters. The van der Waals surface area contributed by atoms with Gasteiger partial charge in [-0.25, -0.2) is 4.79 Å². The Morgan fingerprint density at radius 2 is 1.80 bits per heavy atom. The van der Waals surface area contributed by atoms with Gasteiger partial charge in [0.1, 0.15) is 0 Å². The van der Waals surface area contributed by atoms with Crippen molar-refractivity contribution in [1.29, 1.82) is 0 Å². The van der Waals surface area contributed by atoms with Gasteiger partial charge < -0.3 is 20.5 Å². The van der Waals surface area contributed by atoms with Crippen LogP contribution in [0.4, 0.5) is 10.5 Å². The van der Waals surface area contributed by atoms with E-state index in [1.54, 1.807) is 18.2 Å². The largest absolute Gasteiger partial charge is 0.490 e. The van der Waals surface area contributed by atoms with Crippen LogP contribution >= 0.6 is 0 Å². The van der Waals surface area contributed by atoms with Crippen molar-refractivity contribution >= 4 is 17.6 Å². The summed E-state index contributed by atoms with van der Waals surface area (Å²) in [6.45, 7) is 4.73. The Morgan fingerprint density at radius 3 is 2.40 bits per heavy atom. The van der Waals surface area contributed by atoms with Crippen LogP contribution in [0, 0.1) is 0 Å². The summed E-state index contributed by atoms with van der Waals surface area (Å²) in [6.07, 6.45) is 0. The highest BCUT2D eigenvalue weighted by atomic mass is 16.5. The lowest BCUT2D eigenvalue weighted by atomic mass is 10.2. The lowest BCUT2D eigenvalue weighted by Crippen LogP contribution is -2.38. The fraction of sp³-hybridized carbons (Fsp3) is 0.385.